The standard InChI is InChI=1S/C12H12F2N2O/c1-2-15-7-9-6-12(17-16-9)10-4-3-8(13)5-11(10)14/h3-6,15H,2,7H2,1H3. The zero-order chi connectivity index (χ0) is 12.3. The van der Waals surface area contributed by atoms with Gasteiger partial charge in [-0.15, -0.1) is 0 Å². The van der Waals surface area contributed by atoms with E-state index in [1.165, 1.54) is 12.1 Å². The van der Waals surface area contributed by atoms with Gasteiger partial charge in [-0.2, -0.15) is 0 Å². The predicted molar refractivity (Wildman–Crippen MR) is 59.2 cm³/mol. The minimum absolute atomic E-state index is 0.210. The van der Waals surface area contributed by atoms with Crippen LogP contribution in [0.3, 0.4) is 0 Å². The van der Waals surface area contributed by atoms with Crippen LogP contribution in [-0.2, 0) is 6.54 Å². The van der Waals surface area contributed by atoms with Crippen LogP contribution in [0.2, 0.25) is 0 Å². The van der Waals surface area contributed by atoms with Crippen LogP contribution < -0.4 is 5.32 Å². The van der Waals surface area contributed by atoms with Crippen molar-refractivity contribution in [2.45, 2.75) is 13.5 Å². The van der Waals surface area contributed by atoms with E-state index >= 15 is 0 Å². The van der Waals surface area contributed by atoms with Crippen molar-refractivity contribution in [3.05, 3.63) is 41.6 Å². The smallest absolute Gasteiger partial charge is 0.170 e. The summed E-state index contributed by atoms with van der Waals surface area (Å²) in [5, 5.41) is 6.87. The third-order valence-corrected chi connectivity index (χ3v) is 2.31. The Bertz CT molecular complexity index is 511. The molecule has 0 bridgehead atoms. The number of halogens is 2. The fraction of sp³-hybridized carbons (Fsp3) is 0.250. The van der Waals surface area contributed by atoms with Gasteiger partial charge in [0.05, 0.1) is 11.3 Å². The molecule has 1 N–H and O–H groups in total. The van der Waals surface area contributed by atoms with Crippen LogP contribution in [0.1, 0.15) is 12.6 Å². The lowest BCUT2D eigenvalue weighted by Gasteiger charge is -1.97. The minimum Gasteiger partial charge on any atom is -0.356 e. The number of hydrogen-bond donors (Lipinski definition) is 1. The highest BCUT2D eigenvalue weighted by Gasteiger charge is 2.11. The number of aromatic nitrogens is 1. The van der Waals surface area contributed by atoms with Gasteiger partial charge in [0.1, 0.15) is 11.6 Å². The van der Waals surface area contributed by atoms with E-state index in [9.17, 15) is 8.78 Å². The average molecular weight is 238 g/mol. The maximum atomic E-state index is 13.5. The summed E-state index contributed by atoms with van der Waals surface area (Å²) in [6.45, 7) is 3.34. The maximum absolute atomic E-state index is 13.5. The zero-order valence-corrected chi connectivity index (χ0v) is 9.34. The largest absolute Gasteiger partial charge is 0.356 e. The van der Waals surface area contributed by atoms with Crippen LogP contribution in [0.4, 0.5) is 8.78 Å². The summed E-state index contributed by atoms with van der Waals surface area (Å²) >= 11 is 0. The Hall–Kier alpha value is -1.75. The van der Waals surface area contributed by atoms with Crippen molar-refractivity contribution in [1.82, 2.24) is 10.5 Å². The summed E-state index contributed by atoms with van der Waals surface area (Å²) in [5.74, 6) is -0.967. The molecule has 0 aliphatic rings. The second-order valence-corrected chi connectivity index (χ2v) is 3.59. The lowest BCUT2D eigenvalue weighted by atomic mass is 10.1. The van der Waals surface area contributed by atoms with E-state index in [-0.39, 0.29) is 5.56 Å². The van der Waals surface area contributed by atoms with Crippen molar-refractivity contribution < 1.29 is 13.3 Å². The Morgan fingerprint density at radius 3 is 2.82 bits per heavy atom. The average Bonchev–Trinajstić information content (AvgIpc) is 2.75. The second kappa shape index (κ2) is 5.05. The van der Waals surface area contributed by atoms with E-state index in [2.05, 4.69) is 10.5 Å². The molecule has 0 atom stereocenters. The monoisotopic (exact) mass is 238 g/mol. The Morgan fingerprint density at radius 2 is 2.12 bits per heavy atom. The Labute approximate surface area is 97.4 Å². The van der Waals surface area contributed by atoms with Crippen molar-refractivity contribution in [2.24, 2.45) is 0 Å². The quantitative estimate of drug-likeness (QED) is 0.890. The fourth-order valence-corrected chi connectivity index (χ4v) is 1.46. The highest BCUT2D eigenvalue weighted by molar-refractivity contribution is 5.58. The van der Waals surface area contributed by atoms with Crippen molar-refractivity contribution in [3.63, 3.8) is 0 Å². The molecule has 0 saturated carbocycles. The van der Waals surface area contributed by atoms with Crippen LogP contribution in [-0.4, -0.2) is 11.7 Å². The van der Waals surface area contributed by atoms with E-state index in [1.807, 2.05) is 6.92 Å². The molecule has 0 amide bonds. The van der Waals surface area contributed by atoms with E-state index < -0.39 is 11.6 Å². The molecule has 0 saturated heterocycles. The third-order valence-electron chi connectivity index (χ3n) is 2.31. The lowest BCUT2D eigenvalue weighted by Crippen LogP contribution is -2.11. The van der Waals surface area contributed by atoms with Gasteiger partial charge in [0.25, 0.3) is 0 Å². The van der Waals surface area contributed by atoms with Gasteiger partial charge in [-0.1, -0.05) is 12.1 Å². The van der Waals surface area contributed by atoms with Gasteiger partial charge in [0.15, 0.2) is 5.76 Å². The van der Waals surface area contributed by atoms with Gasteiger partial charge in [-0.3, -0.25) is 0 Å². The van der Waals surface area contributed by atoms with Crippen molar-refractivity contribution in [1.29, 1.82) is 0 Å². The van der Waals surface area contributed by atoms with E-state index in [4.69, 9.17) is 4.52 Å². The molecule has 3 nitrogen and oxygen atoms in total. The van der Waals surface area contributed by atoms with Crippen molar-refractivity contribution in [2.75, 3.05) is 6.54 Å². The van der Waals surface area contributed by atoms with E-state index in [1.54, 1.807) is 6.07 Å². The van der Waals surface area contributed by atoms with Crippen LogP contribution in [0.5, 0.6) is 0 Å². The number of benzene rings is 1. The summed E-state index contributed by atoms with van der Waals surface area (Å²) in [6.07, 6.45) is 0. The summed E-state index contributed by atoms with van der Waals surface area (Å²) in [5.41, 5.74) is 0.896. The zero-order valence-electron chi connectivity index (χ0n) is 9.34. The predicted octanol–water partition coefficient (Wildman–Crippen LogP) is 2.73. The molecule has 1 aromatic carbocycles. The first-order valence-electron chi connectivity index (χ1n) is 5.32. The van der Waals surface area contributed by atoms with Crippen molar-refractivity contribution in [3.8, 4) is 11.3 Å². The molecule has 1 aromatic heterocycles. The van der Waals surface area contributed by atoms with Gasteiger partial charge in [0.2, 0.25) is 0 Å². The molecule has 0 unspecified atom stereocenters. The molecule has 2 rings (SSSR count). The van der Waals surface area contributed by atoms with Gasteiger partial charge >= 0.3 is 0 Å². The molecule has 17 heavy (non-hydrogen) atoms. The third kappa shape index (κ3) is 2.68. The van der Waals surface area contributed by atoms with Gasteiger partial charge in [-0.25, -0.2) is 8.78 Å². The van der Waals surface area contributed by atoms with Crippen LogP contribution in [0, 0.1) is 11.6 Å². The van der Waals surface area contributed by atoms with E-state index in [0.29, 0.717) is 18.0 Å². The summed E-state index contributed by atoms with van der Waals surface area (Å²) in [7, 11) is 0. The SMILES string of the molecule is CCNCc1cc(-c2ccc(F)cc2F)on1. The summed E-state index contributed by atoms with van der Waals surface area (Å²) in [4.78, 5) is 0. The summed E-state index contributed by atoms with van der Waals surface area (Å²) in [6, 6.07) is 4.98. The number of hydrogen-bond acceptors (Lipinski definition) is 3. The highest BCUT2D eigenvalue weighted by atomic mass is 19.1. The van der Waals surface area contributed by atoms with Gasteiger partial charge in [-0.05, 0) is 18.7 Å². The minimum atomic E-state index is -0.656. The Balaban J connectivity index is 2.24. The van der Waals surface area contributed by atoms with Crippen LogP contribution >= 0.6 is 0 Å². The molecule has 2 aromatic rings. The van der Waals surface area contributed by atoms with Gasteiger partial charge < -0.3 is 9.84 Å². The Kier molecular flexibility index (Phi) is 3.49. The molecule has 0 aliphatic carbocycles. The number of rotatable bonds is 4. The number of nitrogens with one attached hydrogen (secondary N) is 1. The highest BCUT2D eigenvalue weighted by Crippen LogP contribution is 2.24. The first kappa shape index (κ1) is 11.7. The summed E-state index contributed by atoms with van der Waals surface area (Å²) < 4.78 is 31.2. The molecular weight excluding hydrogens is 226 g/mol. The van der Waals surface area contributed by atoms with Crippen molar-refractivity contribution >= 4 is 0 Å². The normalized spacial score (nSPS) is 10.8. The lowest BCUT2D eigenvalue weighted by molar-refractivity contribution is 0.418. The molecular formula is C12H12F2N2O. The second-order valence-electron chi connectivity index (χ2n) is 3.59. The number of nitrogens with zero attached hydrogens (tertiary/aromatic N) is 1. The van der Waals surface area contributed by atoms with Crippen LogP contribution in [0.25, 0.3) is 11.3 Å². The molecule has 1 heterocycles. The molecule has 0 aliphatic heterocycles. The molecule has 0 spiro atoms. The molecule has 5 heteroatoms. The molecule has 90 valence electrons. The topological polar surface area (TPSA) is 38.1 Å². The molecule has 0 radical (unpaired) electrons. The first-order valence-corrected chi connectivity index (χ1v) is 5.32. The first-order chi connectivity index (χ1) is 8.20. The Morgan fingerprint density at radius 1 is 1.29 bits per heavy atom. The maximum Gasteiger partial charge on any atom is 0.170 e. The fourth-order valence-electron chi connectivity index (χ4n) is 1.46. The molecule has 0 fully saturated rings. The van der Waals surface area contributed by atoms with E-state index in [0.717, 1.165) is 12.6 Å². The van der Waals surface area contributed by atoms with Crippen LogP contribution in [0.15, 0.2) is 28.8 Å². The van der Waals surface area contributed by atoms with Gasteiger partial charge in [0, 0.05) is 18.7 Å².